The second-order valence-electron chi connectivity index (χ2n) is 3.60. The normalized spacial score (nSPS) is 10.3. The fourth-order valence-corrected chi connectivity index (χ4v) is 1.67. The molecule has 1 aromatic rings. The lowest BCUT2D eigenvalue weighted by atomic mass is 10.1. The molecule has 0 unspecified atom stereocenters. The molecule has 0 aliphatic rings. The van der Waals surface area contributed by atoms with Gasteiger partial charge >= 0.3 is 0 Å². The number of hydrogen-bond acceptors (Lipinski definition) is 2. The highest BCUT2D eigenvalue weighted by molar-refractivity contribution is 5.37. The average Bonchev–Trinajstić information content (AvgIpc) is 2.29. The molecule has 2 heteroatoms. The number of methoxy groups -OCH3 is 1. The molecule has 2 nitrogen and oxygen atoms in total. The van der Waals surface area contributed by atoms with E-state index in [1.165, 1.54) is 11.1 Å². The van der Waals surface area contributed by atoms with Crippen LogP contribution in [0.4, 0.5) is 0 Å². The van der Waals surface area contributed by atoms with Crippen molar-refractivity contribution in [1.29, 1.82) is 0 Å². The van der Waals surface area contributed by atoms with Crippen molar-refractivity contribution < 1.29 is 4.74 Å². The maximum Gasteiger partial charge on any atom is 0.122 e. The molecule has 1 N–H and O–H groups in total. The lowest BCUT2D eigenvalue weighted by molar-refractivity contribution is 0.410. The second-order valence-corrected chi connectivity index (χ2v) is 3.60. The van der Waals surface area contributed by atoms with Crippen molar-refractivity contribution in [2.24, 2.45) is 0 Å². The van der Waals surface area contributed by atoms with Gasteiger partial charge in [0.05, 0.1) is 7.11 Å². The maximum absolute atomic E-state index is 5.30. The molecule has 0 amide bonds. The summed E-state index contributed by atoms with van der Waals surface area (Å²) in [5.74, 6) is 1.00. The third-order valence-electron chi connectivity index (χ3n) is 2.57. The Morgan fingerprint density at radius 1 is 1.27 bits per heavy atom. The molecule has 0 saturated heterocycles. The van der Waals surface area contributed by atoms with Crippen molar-refractivity contribution in [1.82, 2.24) is 5.32 Å². The first-order valence-electron chi connectivity index (χ1n) is 5.68. The first-order chi connectivity index (χ1) is 7.31. The lowest BCUT2D eigenvalue weighted by Crippen LogP contribution is -2.16. The minimum absolute atomic E-state index is 1.00. The van der Waals surface area contributed by atoms with Crippen LogP contribution in [0.3, 0.4) is 0 Å². The smallest absolute Gasteiger partial charge is 0.122 e. The zero-order valence-corrected chi connectivity index (χ0v) is 9.97. The predicted molar refractivity (Wildman–Crippen MR) is 64.6 cm³/mol. The Kier molecular flexibility index (Phi) is 5.19. The number of ether oxygens (including phenoxy) is 1. The fourth-order valence-electron chi connectivity index (χ4n) is 1.67. The third kappa shape index (κ3) is 3.56. The van der Waals surface area contributed by atoms with Crippen LogP contribution >= 0.6 is 0 Å². The first-order valence-corrected chi connectivity index (χ1v) is 5.68. The lowest BCUT2D eigenvalue weighted by Gasteiger charge is -2.09. The van der Waals surface area contributed by atoms with Gasteiger partial charge in [-0.05, 0) is 43.1 Å². The van der Waals surface area contributed by atoms with Gasteiger partial charge in [0, 0.05) is 0 Å². The zero-order chi connectivity index (χ0) is 11.1. The van der Waals surface area contributed by atoms with E-state index in [9.17, 15) is 0 Å². The van der Waals surface area contributed by atoms with Crippen LogP contribution in [0.5, 0.6) is 5.75 Å². The van der Waals surface area contributed by atoms with Crippen LogP contribution in [0.2, 0.25) is 0 Å². The van der Waals surface area contributed by atoms with E-state index in [-0.39, 0.29) is 0 Å². The van der Waals surface area contributed by atoms with E-state index in [4.69, 9.17) is 4.74 Å². The van der Waals surface area contributed by atoms with E-state index >= 15 is 0 Å². The van der Waals surface area contributed by atoms with Gasteiger partial charge in [0.1, 0.15) is 5.75 Å². The van der Waals surface area contributed by atoms with E-state index in [0.717, 1.165) is 31.7 Å². The summed E-state index contributed by atoms with van der Waals surface area (Å²) in [7, 11) is 1.73. The SMILES string of the molecule is CCNCCc1ccc(OC)c(CC)c1. The van der Waals surface area contributed by atoms with Gasteiger partial charge in [0.2, 0.25) is 0 Å². The molecule has 1 aromatic carbocycles. The summed E-state index contributed by atoms with van der Waals surface area (Å²) < 4.78 is 5.30. The monoisotopic (exact) mass is 207 g/mol. The number of aryl methyl sites for hydroxylation is 1. The molecule has 0 bridgehead atoms. The molecule has 15 heavy (non-hydrogen) atoms. The Bertz CT molecular complexity index is 297. The van der Waals surface area contributed by atoms with E-state index in [1.54, 1.807) is 7.11 Å². The standard InChI is InChI=1S/C13H21NO/c1-4-12-10-11(8-9-14-5-2)6-7-13(12)15-3/h6-7,10,14H,4-5,8-9H2,1-3H3. The Morgan fingerprint density at radius 2 is 2.07 bits per heavy atom. The van der Waals surface area contributed by atoms with E-state index in [1.807, 2.05) is 0 Å². The van der Waals surface area contributed by atoms with Gasteiger partial charge < -0.3 is 10.1 Å². The summed E-state index contributed by atoms with van der Waals surface area (Å²) in [4.78, 5) is 0. The molecule has 0 aliphatic heterocycles. The molecule has 0 spiro atoms. The summed E-state index contributed by atoms with van der Waals surface area (Å²) in [5.41, 5.74) is 2.68. The topological polar surface area (TPSA) is 21.3 Å². The third-order valence-corrected chi connectivity index (χ3v) is 2.57. The molecule has 1 rings (SSSR count). The Balaban J connectivity index is 2.66. The highest BCUT2D eigenvalue weighted by atomic mass is 16.5. The Morgan fingerprint density at radius 3 is 2.67 bits per heavy atom. The molecule has 0 heterocycles. The quantitative estimate of drug-likeness (QED) is 0.723. The fraction of sp³-hybridized carbons (Fsp3) is 0.538. The van der Waals surface area contributed by atoms with Gasteiger partial charge in [-0.3, -0.25) is 0 Å². The highest BCUT2D eigenvalue weighted by Gasteiger charge is 2.01. The summed E-state index contributed by atoms with van der Waals surface area (Å²) in [6, 6.07) is 6.46. The molecule has 0 radical (unpaired) electrons. The largest absolute Gasteiger partial charge is 0.496 e. The molecule has 0 fully saturated rings. The number of benzene rings is 1. The summed E-state index contributed by atoms with van der Waals surface area (Å²) in [6.07, 6.45) is 2.11. The molecule has 84 valence electrons. The van der Waals surface area contributed by atoms with Crippen molar-refractivity contribution in [3.63, 3.8) is 0 Å². The summed E-state index contributed by atoms with van der Waals surface area (Å²) in [5, 5.41) is 3.33. The van der Waals surface area contributed by atoms with Crippen LogP contribution < -0.4 is 10.1 Å². The van der Waals surface area contributed by atoms with Crippen LogP contribution in [-0.2, 0) is 12.8 Å². The van der Waals surface area contributed by atoms with Crippen molar-refractivity contribution >= 4 is 0 Å². The van der Waals surface area contributed by atoms with E-state index in [0.29, 0.717) is 0 Å². The minimum Gasteiger partial charge on any atom is -0.496 e. The van der Waals surface area contributed by atoms with Gasteiger partial charge in [-0.25, -0.2) is 0 Å². The van der Waals surface area contributed by atoms with Gasteiger partial charge in [0.15, 0.2) is 0 Å². The molecule has 0 saturated carbocycles. The van der Waals surface area contributed by atoms with Gasteiger partial charge in [-0.1, -0.05) is 26.0 Å². The van der Waals surface area contributed by atoms with Crippen molar-refractivity contribution in [2.45, 2.75) is 26.7 Å². The first kappa shape index (κ1) is 12.1. The molecule has 0 atom stereocenters. The van der Waals surface area contributed by atoms with E-state index < -0.39 is 0 Å². The van der Waals surface area contributed by atoms with Crippen molar-refractivity contribution in [3.8, 4) is 5.75 Å². The van der Waals surface area contributed by atoms with Crippen LogP contribution in [0.1, 0.15) is 25.0 Å². The van der Waals surface area contributed by atoms with Gasteiger partial charge in [-0.15, -0.1) is 0 Å². The van der Waals surface area contributed by atoms with E-state index in [2.05, 4.69) is 37.4 Å². The number of hydrogen-bond donors (Lipinski definition) is 1. The highest BCUT2D eigenvalue weighted by Crippen LogP contribution is 2.20. The maximum atomic E-state index is 5.30. The predicted octanol–water partition coefficient (Wildman–Crippen LogP) is 2.41. The molecular weight excluding hydrogens is 186 g/mol. The zero-order valence-electron chi connectivity index (χ0n) is 9.97. The van der Waals surface area contributed by atoms with Crippen LogP contribution in [-0.4, -0.2) is 20.2 Å². The number of rotatable bonds is 6. The van der Waals surface area contributed by atoms with Gasteiger partial charge in [-0.2, -0.15) is 0 Å². The Hall–Kier alpha value is -1.02. The number of nitrogens with one attached hydrogen (secondary N) is 1. The minimum atomic E-state index is 1.00. The molecular formula is C13H21NO. The van der Waals surface area contributed by atoms with Gasteiger partial charge in [0.25, 0.3) is 0 Å². The molecule has 0 aromatic heterocycles. The molecule has 0 aliphatic carbocycles. The second kappa shape index (κ2) is 6.46. The van der Waals surface area contributed by atoms with Crippen LogP contribution in [0, 0.1) is 0 Å². The summed E-state index contributed by atoms with van der Waals surface area (Å²) >= 11 is 0. The average molecular weight is 207 g/mol. The summed E-state index contributed by atoms with van der Waals surface area (Å²) in [6.45, 7) is 6.38. The Labute approximate surface area is 92.6 Å². The number of likely N-dealkylation sites (N-methyl/N-ethyl adjacent to an activating group) is 1. The van der Waals surface area contributed by atoms with Crippen molar-refractivity contribution in [3.05, 3.63) is 29.3 Å². The van der Waals surface area contributed by atoms with Crippen LogP contribution in [0.15, 0.2) is 18.2 Å². The van der Waals surface area contributed by atoms with Crippen LogP contribution in [0.25, 0.3) is 0 Å². The van der Waals surface area contributed by atoms with Crippen molar-refractivity contribution in [2.75, 3.05) is 20.2 Å².